The highest BCUT2D eigenvalue weighted by Gasteiger charge is 2.21. The normalized spacial score (nSPS) is 12.9. The molecule has 0 aliphatic heterocycles. The maximum Gasteiger partial charge on any atom is 0.246 e. The predicted molar refractivity (Wildman–Crippen MR) is 83.2 cm³/mol. The zero-order valence-corrected chi connectivity index (χ0v) is 13.1. The maximum atomic E-state index is 14.3. The third-order valence-corrected chi connectivity index (χ3v) is 3.27. The summed E-state index contributed by atoms with van der Waals surface area (Å²) in [6.45, 7) is 5.34. The summed E-state index contributed by atoms with van der Waals surface area (Å²) in [4.78, 5) is 10.5. The molecule has 0 heterocycles. The topological polar surface area (TPSA) is 61.6 Å². The molecule has 22 heavy (non-hydrogen) atoms. The van der Waals surface area contributed by atoms with E-state index in [4.69, 9.17) is 9.47 Å². The lowest BCUT2D eigenvalue weighted by Gasteiger charge is -2.17. The first kappa shape index (κ1) is 17.9. The van der Waals surface area contributed by atoms with E-state index in [1.165, 1.54) is 20.3 Å². The molecule has 1 aromatic rings. The molecule has 0 amide bonds. The molecule has 5 nitrogen and oxygen atoms in total. The Balaban J connectivity index is 3.39. The molecule has 1 atom stereocenters. The second kappa shape index (κ2) is 8.36. The Labute approximate surface area is 129 Å². The van der Waals surface area contributed by atoms with E-state index >= 15 is 0 Å². The standard InChI is InChI=1S/C16H21FNO4/c1-5-7-13(17)16-14(21-3)9-11(10-15(16)22-4)8-12(6-2)18(19)20/h8-10,13H,1,5-7H2,2-4H3/b12-8+. The van der Waals surface area contributed by atoms with Crippen LogP contribution in [0.3, 0.4) is 0 Å². The van der Waals surface area contributed by atoms with Gasteiger partial charge in [-0.15, -0.1) is 0 Å². The average molecular weight is 310 g/mol. The summed E-state index contributed by atoms with van der Waals surface area (Å²) in [5.74, 6) is 0.621. The van der Waals surface area contributed by atoms with E-state index in [1.54, 1.807) is 19.1 Å². The molecule has 0 saturated heterocycles. The van der Waals surface area contributed by atoms with Gasteiger partial charge in [-0.25, -0.2) is 4.39 Å². The molecule has 1 radical (unpaired) electrons. The average Bonchev–Trinajstić information content (AvgIpc) is 2.51. The summed E-state index contributed by atoms with van der Waals surface area (Å²) in [6, 6.07) is 3.15. The fourth-order valence-corrected chi connectivity index (χ4v) is 2.15. The van der Waals surface area contributed by atoms with Crippen LogP contribution in [0.1, 0.15) is 43.5 Å². The predicted octanol–water partition coefficient (Wildman–Crippen LogP) is 4.36. The van der Waals surface area contributed by atoms with Crippen molar-refractivity contribution in [2.24, 2.45) is 0 Å². The summed E-state index contributed by atoms with van der Waals surface area (Å²) in [5.41, 5.74) is 0.907. The summed E-state index contributed by atoms with van der Waals surface area (Å²) in [6.07, 6.45) is 1.14. The SMILES string of the molecule is [CH2]CCC(F)c1c(OC)cc(/C=C(\CC)[N+](=O)[O-])cc1OC. The Morgan fingerprint density at radius 2 is 1.95 bits per heavy atom. The fourth-order valence-electron chi connectivity index (χ4n) is 2.15. The molecule has 0 aliphatic rings. The van der Waals surface area contributed by atoms with E-state index in [2.05, 4.69) is 6.92 Å². The van der Waals surface area contributed by atoms with Crippen LogP contribution in [0.2, 0.25) is 0 Å². The number of benzene rings is 1. The van der Waals surface area contributed by atoms with Gasteiger partial charge in [-0.1, -0.05) is 20.3 Å². The molecule has 0 fully saturated rings. The zero-order chi connectivity index (χ0) is 16.7. The first-order chi connectivity index (χ1) is 10.5. The van der Waals surface area contributed by atoms with Crippen molar-refractivity contribution in [2.45, 2.75) is 32.4 Å². The van der Waals surface area contributed by atoms with Crippen LogP contribution in [0, 0.1) is 17.0 Å². The first-order valence-corrected chi connectivity index (χ1v) is 7.02. The summed E-state index contributed by atoms with van der Waals surface area (Å²) in [5, 5.41) is 10.9. The van der Waals surface area contributed by atoms with Gasteiger partial charge in [0.25, 0.3) is 0 Å². The molecule has 6 heteroatoms. The van der Waals surface area contributed by atoms with Crippen molar-refractivity contribution in [2.75, 3.05) is 14.2 Å². The maximum absolute atomic E-state index is 14.3. The van der Waals surface area contributed by atoms with Crippen LogP contribution in [-0.4, -0.2) is 19.1 Å². The van der Waals surface area contributed by atoms with E-state index in [0.717, 1.165) is 0 Å². The molecule has 0 bridgehead atoms. The van der Waals surface area contributed by atoms with Crippen LogP contribution in [0.15, 0.2) is 17.8 Å². The Kier molecular flexibility index (Phi) is 6.82. The van der Waals surface area contributed by atoms with Crippen molar-refractivity contribution < 1.29 is 18.8 Å². The molecule has 1 unspecified atom stereocenters. The molecule has 0 aliphatic carbocycles. The molecule has 0 saturated carbocycles. The van der Waals surface area contributed by atoms with Gasteiger partial charge in [-0.3, -0.25) is 10.1 Å². The Hall–Kier alpha value is -2.11. The second-order valence-corrected chi connectivity index (χ2v) is 4.70. The van der Waals surface area contributed by atoms with Crippen molar-refractivity contribution in [1.29, 1.82) is 0 Å². The van der Waals surface area contributed by atoms with Gasteiger partial charge in [0.1, 0.15) is 17.7 Å². The fraction of sp³-hybridized carbons (Fsp3) is 0.438. The van der Waals surface area contributed by atoms with E-state index in [-0.39, 0.29) is 18.5 Å². The van der Waals surface area contributed by atoms with Gasteiger partial charge in [-0.2, -0.15) is 0 Å². The van der Waals surface area contributed by atoms with Gasteiger partial charge >= 0.3 is 0 Å². The molecule has 1 rings (SSSR count). The van der Waals surface area contributed by atoms with E-state index < -0.39 is 11.1 Å². The van der Waals surface area contributed by atoms with Gasteiger partial charge in [0.15, 0.2) is 0 Å². The van der Waals surface area contributed by atoms with Crippen molar-refractivity contribution in [3.8, 4) is 11.5 Å². The van der Waals surface area contributed by atoms with E-state index in [0.29, 0.717) is 29.0 Å². The molecule has 0 N–H and O–H groups in total. The lowest BCUT2D eigenvalue weighted by molar-refractivity contribution is -0.425. The van der Waals surface area contributed by atoms with E-state index in [1.807, 2.05) is 0 Å². The molecule has 0 spiro atoms. The summed E-state index contributed by atoms with van der Waals surface area (Å²) in [7, 11) is 2.85. The third kappa shape index (κ3) is 4.19. The minimum atomic E-state index is -1.26. The number of ether oxygens (including phenoxy) is 2. The lowest BCUT2D eigenvalue weighted by atomic mass is 10.0. The summed E-state index contributed by atoms with van der Waals surface area (Å²) >= 11 is 0. The third-order valence-electron chi connectivity index (χ3n) is 3.27. The number of nitrogens with zero attached hydrogens (tertiary/aromatic N) is 1. The van der Waals surface area contributed by atoms with Gasteiger partial charge < -0.3 is 9.47 Å². The minimum absolute atomic E-state index is 0.0615. The lowest BCUT2D eigenvalue weighted by Crippen LogP contribution is -2.02. The number of methoxy groups -OCH3 is 2. The van der Waals surface area contributed by atoms with Crippen LogP contribution >= 0.6 is 0 Å². The number of hydrogen-bond donors (Lipinski definition) is 0. The molecular formula is C16H21FNO4. The Bertz CT molecular complexity index is 532. The van der Waals surface area contributed by atoms with Crippen LogP contribution < -0.4 is 9.47 Å². The zero-order valence-electron chi connectivity index (χ0n) is 13.1. The van der Waals surface area contributed by atoms with Gasteiger partial charge in [0.2, 0.25) is 5.70 Å². The molecule has 121 valence electrons. The van der Waals surface area contributed by atoms with Crippen molar-refractivity contribution in [1.82, 2.24) is 0 Å². The monoisotopic (exact) mass is 310 g/mol. The highest BCUT2D eigenvalue weighted by atomic mass is 19.1. The number of halogens is 1. The molecule has 0 aromatic heterocycles. The number of hydrogen-bond acceptors (Lipinski definition) is 4. The van der Waals surface area contributed by atoms with Crippen LogP contribution in [0.25, 0.3) is 6.08 Å². The van der Waals surface area contributed by atoms with Gasteiger partial charge in [0.05, 0.1) is 24.7 Å². The summed E-state index contributed by atoms with van der Waals surface area (Å²) < 4.78 is 24.8. The second-order valence-electron chi connectivity index (χ2n) is 4.70. The highest BCUT2D eigenvalue weighted by molar-refractivity contribution is 5.60. The number of rotatable bonds is 8. The van der Waals surface area contributed by atoms with Crippen LogP contribution in [0.5, 0.6) is 11.5 Å². The Morgan fingerprint density at radius 1 is 1.41 bits per heavy atom. The van der Waals surface area contributed by atoms with Crippen LogP contribution in [-0.2, 0) is 0 Å². The number of alkyl halides is 1. The first-order valence-electron chi connectivity index (χ1n) is 7.02. The van der Waals surface area contributed by atoms with Gasteiger partial charge in [0, 0.05) is 12.5 Å². The molecule has 1 aromatic carbocycles. The minimum Gasteiger partial charge on any atom is -0.496 e. The van der Waals surface area contributed by atoms with E-state index in [9.17, 15) is 14.5 Å². The van der Waals surface area contributed by atoms with Crippen molar-refractivity contribution in [3.05, 3.63) is 46.0 Å². The molecular weight excluding hydrogens is 289 g/mol. The number of allylic oxidation sites excluding steroid dienone is 1. The number of nitro groups is 1. The largest absolute Gasteiger partial charge is 0.496 e. The van der Waals surface area contributed by atoms with Crippen LogP contribution in [0.4, 0.5) is 4.39 Å². The Morgan fingerprint density at radius 3 is 2.32 bits per heavy atom. The quantitative estimate of drug-likeness (QED) is 0.529. The van der Waals surface area contributed by atoms with Crippen molar-refractivity contribution in [3.63, 3.8) is 0 Å². The highest BCUT2D eigenvalue weighted by Crippen LogP contribution is 2.40. The van der Waals surface area contributed by atoms with Gasteiger partial charge in [-0.05, 0) is 24.1 Å². The smallest absolute Gasteiger partial charge is 0.246 e. The van der Waals surface area contributed by atoms with Crippen molar-refractivity contribution >= 4 is 6.08 Å².